The van der Waals surface area contributed by atoms with Crippen LogP contribution in [0, 0.1) is 13.8 Å². The van der Waals surface area contributed by atoms with Gasteiger partial charge in [-0.25, -0.2) is 4.98 Å². The van der Waals surface area contributed by atoms with E-state index in [2.05, 4.69) is 35.6 Å². The van der Waals surface area contributed by atoms with Gasteiger partial charge in [-0.2, -0.15) is 0 Å². The maximum Gasteiger partial charge on any atom is 0.126 e. The van der Waals surface area contributed by atoms with Crippen molar-refractivity contribution in [1.82, 2.24) is 4.98 Å². The second-order valence-electron chi connectivity index (χ2n) is 4.00. The van der Waals surface area contributed by atoms with Crippen molar-refractivity contribution in [2.45, 2.75) is 26.8 Å². The molecule has 0 fully saturated rings. The highest BCUT2D eigenvalue weighted by atomic mass is 32.1. The van der Waals surface area contributed by atoms with Crippen LogP contribution in [-0.2, 0) is 0 Å². The Bertz CT molecular complexity index is 476. The number of aromatic nitrogens is 1. The molecule has 2 nitrogen and oxygen atoms in total. The lowest BCUT2D eigenvalue weighted by Gasteiger charge is -2.14. The molecule has 1 atom stereocenters. The van der Waals surface area contributed by atoms with Gasteiger partial charge in [-0.1, -0.05) is 6.07 Å². The smallest absolute Gasteiger partial charge is 0.126 e. The number of nitrogens with one attached hydrogen (secondary N) is 1. The monoisotopic (exact) mass is 232 g/mol. The summed E-state index contributed by atoms with van der Waals surface area (Å²) in [5.74, 6) is 0.945. The van der Waals surface area contributed by atoms with Crippen LogP contribution in [0.25, 0.3) is 0 Å². The summed E-state index contributed by atoms with van der Waals surface area (Å²) in [4.78, 5) is 5.82. The van der Waals surface area contributed by atoms with E-state index in [0.717, 1.165) is 11.5 Å². The SMILES string of the molecule is Cc1cccc(NC(C)c2sccc2C)n1. The summed E-state index contributed by atoms with van der Waals surface area (Å²) in [7, 11) is 0. The quantitative estimate of drug-likeness (QED) is 0.867. The van der Waals surface area contributed by atoms with Crippen LogP contribution in [0.15, 0.2) is 29.6 Å². The summed E-state index contributed by atoms with van der Waals surface area (Å²) in [6.07, 6.45) is 0. The Kier molecular flexibility index (Phi) is 3.25. The molecule has 3 heteroatoms. The predicted molar refractivity (Wildman–Crippen MR) is 70.1 cm³/mol. The first-order chi connectivity index (χ1) is 7.66. The van der Waals surface area contributed by atoms with Crippen LogP contribution >= 0.6 is 11.3 Å². The van der Waals surface area contributed by atoms with Gasteiger partial charge in [0, 0.05) is 10.6 Å². The number of hydrogen-bond donors (Lipinski definition) is 1. The van der Waals surface area contributed by atoms with Gasteiger partial charge in [0.15, 0.2) is 0 Å². The van der Waals surface area contributed by atoms with Crippen LogP contribution in [0.5, 0.6) is 0 Å². The van der Waals surface area contributed by atoms with Gasteiger partial charge in [-0.05, 0) is 49.9 Å². The molecule has 0 saturated carbocycles. The number of pyridine rings is 1. The molecule has 0 aromatic carbocycles. The van der Waals surface area contributed by atoms with Gasteiger partial charge in [0.2, 0.25) is 0 Å². The molecule has 2 aromatic heterocycles. The summed E-state index contributed by atoms with van der Waals surface area (Å²) in [6.45, 7) is 6.32. The van der Waals surface area contributed by atoms with Crippen LogP contribution in [0.1, 0.15) is 29.1 Å². The molecular formula is C13H16N2S. The molecule has 2 rings (SSSR count). The number of rotatable bonds is 3. The Morgan fingerprint density at radius 2 is 2.06 bits per heavy atom. The van der Waals surface area contributed by atoms with Crippen molar-refractivity contribution in [3.8, 4) is 0 Å². The molecular weight excluding hydrogens is 216 g/mol. The molecule has 0 spiro atoms. The maximum absolute atomic E-state index is 4.45. The van der Waals surface area contributed by atoms with E-state index in [1.165, 1.54) is 10.4 Å². The first kappa shape index (κ1) is 11.1. The molecule has 16 heavy (non-hydrogen) atoms. The largest absolute Gasteiger partial charge is 0.363 e. The first-order valence-electron chi connectivity index (χ1n) is 5.41. The van der Waals surface area contributed by atoms with E-state index < -0.39 is 0 Å². The Balaban J connectivity index is 2.14. The van der Waals surface area contributed by atoms with E-state index in [-0.39, 0.29) is 0 Å². The van der Waals surface area contributed by atoms with Crippen LogP contribution < -0.4 is 5.32 Å². The van der Waals surface area contributed by atoms with Gasteiger partial charge in [-0.3, -0.25) is 0 Å². The fraction of sp³-hybridized carbons (Fsp3) is 0.308. The molecule has 0 radical (unpaired) electrons. The van der Waals surface area contributed by atoms with Crippen molar-refractivity contribution in [2.75, 3.05) is 5.32 Å². The summed E-state index contributed by atoms with van der Waals surface area (Å²) >= 11 is 1.79. The number of anilines is 1. The average Bonchev–Trinajstić information content (AvgIpc) is 2.64. The topological polar surface area (TPSA) is 24.9 Å². The van der Waals surface area contributed by atoms with Crippen LogP contribution in [0.4, 0.5) is 5.82 Å². The van der Waals surface area contributed by atoms with E-state index in [1.54, 1.807) is 11.3 Å². The average molecular weight is 232 g/mol. The van der Waals surface area contributed by atoms with Crippen LogP contribution in [0.3, 0.4) is 0 Å². The molecule has 2 heterocycles. The van der Waals surface area contributed by atoms with Crippen molar-refractivity contribution in [3.63, 3.8) is 0 Å². The maximum atomic E-state index is 4.45. The van der Waals surface area contributed by atoms with E-state index in [4.69, 9.17) is 0 Å². The molecule has 1 N–H and O–H groups in total. The zero-order valence-corrected chi connectivity index (χ0v) is 10.6. The van der Waals surface area contributed by atoms with E-state index in [9.17, 15) is 0 Å². The molecule has 1 unspecified atom stereocenters. The summed E-state index contributed by atoms with van der Waals surface area (Å²) in [5, 5.41) is 5.56. The third-order valence-electron chi connectivity index (χ3n) is 2.55. The zero-order valence-electron chi connectivity index (χ0n) is 9.82. The Morgan fingerprint density at radius 3 is 2.69 bits per heavy atom. The molecule has 2 aromatic rings. The number of hydrogen-bond acceptors (Lipinski definition) is 3. The lowest BCUT2D eigenvalue weighted by molar-refractivity contribution is 0.886. The van der Waals surface area contributed by atoms with E-state index in [0.29, 0.717) is 6.04 Å². The highest BCUT2D eigenvalue weighted by molar-refractivity contribution is 7.10. The van der Waals surface area contributed by atoms with Gasteiger partial charge < -0.3 is 5.32 Å². The van der Waals surface area contributed by atoms with Gasteiger partial charge in [-0.15, -0.1) is 11.3 Å². The molecule has 0 amide bonds. The number of aryl methyl sites for hydroxylation is 2. The van der Waals surface area contributed by atoms with Gasteiger partial charge >= 0.3 is 0 Å². The first-order valence-corrected chi connectivity index (χ1v) is 6.29. The van der Waals surface area contributed by atoms with E-state index >= 15 is 0 Å². The third kappa shape index (κ3) is 2.42. The third-order valence-corrected chi connectivity index (χ3v) is 3.75. The molecule has 84 valence electrons. The minimum atomic E-state index is 0.314. The van der Waals surface area contributed by atoms with Crippen molar-refractivity contribution >= 4 is 17.2 Å². The van der Waals surface area contributed by atoms with Crippen molar-refractivity contribution in [3.05, 3.63) is 45.8 Å². The van der Waals surface area contributed by atoms with Crippen LogP contribution in [0.2, 0.25) is 0 Å². The van der Waals surface area contributed by atoms with Crippen molar-refractivity contribution < 1.29 is 0 Å². The minimum absolute atomic E-state index is 0.314. The van der Waals surface area contributed by atoms with Crippen molar-refractivity contribution in [1.29, 1.82) is 0 Å². The Morgan fingerprint density at radius 1 is 1.25 bits per heavy atom. The number of nitrogens with zero attached hydrogens (tertiary/aromatic N) is 1. The highest BCUT2D eigenvalue weighted by Crippen LogP contribution is 2.26. The summed E-state index contributed by atoms with van der Waals surface area (Å²) in [5.41, 5.74) is 2.39. The normalized spacial score (nSPS) is 12.4. The van der Waals surface area contributed by atoms with E-state index in [1.807, 2.05) is 25.1 Å². The number of thiophene rings is 1. The predicted octanol–water partition coefficient (Wildman–Crippen LogP) is 3.93. The summed E-state index contributed by atoms with van der Waals surface area (Å²) in [6, 6.07) is 8.51. The van der Waals surface area contributed by atoms with Gasteiger partial charge in [0.05, 0.1) is 6.04 Å². The van der Waals surface area contributed by atoms with Crippen LogP contribution in [-0.4, -0.2) is 4.98 Å². The highest BCUT2D eigenvalue weighted by Gasteiger charge is 2.09. The lowest BCUT2D eigenvalue weighted by atomic mass is 10.2. The molecule has 0 bridgehead atoms. The molecule has 0 saturated heterocycles. The molecule has 0 aliphatic rings. The van der Waals surface area contributed by atoms with Gasteiger partial charge in [0.1, 0.15) is 5.82 Å². The molecule has 0 aliphatic heterocycles. The lowest BCUT2D eigenvalue weighted by Crippen LogP contribution is -2.07. The fourth-order valence-electron chi connectivity index (χ4n) is 1.74. The Labute approximate surface area is 100 Å². The zero-order chi connectivity index (χ0) is 11.5. The molecule has 0 aliphatic carbocycles. The fourth-order valence-corrected chi connectivity index (χ4v) is 2.67. The van der Waals surface area contributed by atoms with Crippen molar-refractivity contribution in [2.24, 2.45) is 0 Å². The standard InChI is InChI=1S/C13H16N2S/c1-9-7-8-16-13(9)11(3)15-12-6-4-5-10(2)14-12/h4-8,11H,1-3H3,(H,14,15). The summed E-state index contributed by atoms with van der Waals surface area (Å²) < 4.78 is 0. The second-order valence-corrected chi connectivity index (χ2v) is 4.95. The second kappa shape index (κ2) is 4.66. The van der Waals surface area contributed by atoms with Gasteiger partial charge in [0.25, 0.3) is 0 Å². The Hall–Kier alpha value is -1.35. The minimum Gasteiger partial charge on any atom is -0.363 e.